The molecule has 0 aromatic heterocycles. The molecule has 1 saturated carbocycles. The summed E-state index contributed by atoms with van der Waals surface area (Å²) >= 11 is 3.37. The standard InChI is InChI=1S/C18H25BrN2O3S/c19-16-5-3-4-14(12-16)13-25(23,24)21-10-8-15(9-11-21)18(22)20-17-6-1-2-7-17/h3-5,12,15,17H,1-2,6-11,13H2,(H,20,22). The summed E-state index contributed by atoms with van der Waals surface area (Å²) in [5.41, 5.74) is 0.774. The van der Waals surface area contributed by atoms with Gasteiger partial charge in [0.2, 0.25) is 15.9 Å². The Balaban J connectivity index is 1.53. The van der Waals surface area contributed by atoms with Crippen molar-refractivity contribution in [2.24, 2.45) is 5.92 Å². The molecule has 138 valence electrons. The minimum Gasteiger partial charge on any atom is -0.353 e. The van der Waals surface area contributed by atoms with E-state index >= 15 is 0 Å². The Morgan fingerprint density at radius 3 is 2.48 bits per heavy atom. The van der Waals surface area contributed by atoms with Crippen LogP contribution in [-0.2, 0) is 20.6 Å². The molecule has 1 aromatic carbocycles. The summed E-state index contributed by atoms with van der Waals surface area (Å²) in [6.07, 6.45) is 5.75. The zero-order chi connectivity index (χ0) is 17.9. The highest BCUT2D eigenvalue weighted by molar-refractivity contribution is 9.10. The molecule has 3 rings (SSSR count). The van der Waals surface area contributed by atoms with Gasteiger partial charge in [0, 0.05) is 29.5 Å². The van der Waals surface area contributed by atoms with Gasteiger partial charge in [-0.1, -0.05) is 40.9 Å². The lowest BCUT2D eigenvalue weighted by Crippen LogP contribution is -2.45. The number of hydrogen-bond acceptors (Lipinski definition) is 3. The minimum atomic E-state index is -3.34. The van der Waals surface area contributed by atoms with Crippen LogP contribution in [0.3, 0.4) is 0 Å². The number of sulfonamides is 1. The smallest absolute Gasteiger partial charge is 0.223 e. The van der Waals surface area contributed by atoms with Crippen molar-refractivity contribution in [2.75, 3.05) is 13.1 Å². The molecular weight excluding hydrogens is 404 g/mol. The molecule has 25 heavy (non-hydrogen) atoms. The van der Waals surface area contributed by atoms with Crippen molar-refractivity contribution in [1.29, 1.82) is 0 Å². The van der Waals surface area contributed by atoms with E-state index in [1.165, 1.54) is 17.1 Å². The molecule has 1 aliphatic carbocycles. The van der Waals surface area contributed by atoms with Gasteiger partial charge in [0.05, 0.1) is 5.75 Å². The van der Waals surface area contributed by atoms with Crippen molar-refractivity contribution in [3.63, 3.8) is 0 Å². The van der Waals surface area contributed by atoms with Gasteiger partial charge in [0.15, 0.2) is 0 Å². The van der Waals surface area contributed by atoms with Gasteiger partial charge in [-0.3, -0.25) is 4.79 Å². The molecule has 1 N–H and O–H groups in total. The maximum absolute atomic E-state index is 12.6. The largest absolute Gasteiger partial charge is 0.353 e. The molecule has 0 spiro atoms. The van der Waals surface area contributed by atoms with E-state index in [4.69, 9.17) is 0 Å². The van der Waals surface area contributed by atoms with Gasteiger partial charge in [-0.05, 0) is 43.4 Å². The number of carbonyl (C=O) groups excluding carboxylic acids is 1. The number of piperidine rings is 1. The molecule has 1 saturated heterocycles. The van der Waals surface area contributed by atoms with E-state index in [0.717, 1.165) is 22.9 Å². The summed E-state index contributed by atoms with van der Waals surface area (Å²) in [7, 11) is -3.34. The van der Waals surface area contributed by atoms with E-state index in [9.17, 15) is 13.2 Å². The lowest BCUT2D eigenvalue weighted by atomic mass is 9.97. The topological polar surface area (TPSA) is 66.5 Å². The number of carbonyl (C=O) groups is 1. The van der Waals surface area contributed by atoms with E-state index in [1.54, 1.807) is 0 Å². The summed E-state index contributed by atoms with van der Waals surface area (Å²) in [5, 5.41) is 3.14. The maximum Gasteiger partial charge on any atom is 0.223 e. The molecule has 1 aromatic rings. The highest BCUT2D eigenvalue weighted by Gasteiger charge is 2.32. The van der Waals surface area contributed by atoms with Crippen molar-refractivity contribution < 1.29 is 13.2 Å². The number of hydrogen-bond donors (Lipinski definition) is 1. The number of amides is 1. The number of nitrogens with one attached hydrogen (secondary N) is 1. The van der Waals surface area contributed by atoms with Crippen LogP contribution in [0.5, 0.6) is 0 Å². The van der Waals surface area contributed by atoms with Gasteiger partial charge in [0.25, 0.3) is 0 Å². The predicted octanol–water partition coefficient (Wildman–Crippen LogP) is 3.05. The number of nitrogens with zero attached hydrogens (tertiary/aromatic N) is 1. The average Bonchev–Trinajstić information content (AvgIpc) is 3.07. The molecule has 0 unspecified atom stereocenters. The van der Waals surface area contributed by atoms with Gasteiger partial charge in [0.1, 0.15) is 0 Å². The molecule has 0 radical (unpaired) electrons. The maximum atomic E-state index is 12.6. The summed E-state index contributed by atoms with van der Waals surface area (Å²) in [6.45, 7) is 0.859. The molecule has 0 bridgehead atoms. The van der Waals surface area contributed by atoms with E-state index in [2.05, 4.69) is 21.2 Å². The molecule has 0 atom stereocenters. The molecule has 2 aliphatic rings. The van der Waals surface area contributed by atoms with Crippen LogP contribution in [0.4, 0.5) is 0 Å². The van der Waals surface area contributed by atoms with Gasteiger partial charge in [-0.15, -0.1) is 0 Å². The van der Waals surface area contributed by atoms with Crippen molar-refractivity contribution in [1.82, 2.24) is 9.62 Å². The second kappa shape index (κ2) is 8.18. The quantitative estimate of drug-likeness (QED) is 0.783. The molecule has 5 nitrogen and oxygen atoms in total. The third-order valence-electron chi connectivity index (χ3n) is 5.16. The van der Waals surface area contributed by atoms with Crippen LogP contribution in [0.15, 0.2) is 28.7 Å². The van der Waals surface area contributed by atoms with Crippen LogP contribution in [0.2, 0.25) is 0 Å². The average molecular weight is 429 g/mol. The molecule has 1 heterocycles. The highest BCUT2D eigenvalue weighted by Crippen LogP contribution is 2.24. The number of benzene rings is 1. The summed E-state index contributed by atoms with van der Waals surface area (Å²) in [5.74, 6) is 0.0552. The van der Waals surface area contributed by atoms with Gasteiger partial charge in [-0.25, -0.2) is 12.7 Å². The lowest BCUT2D eigenvalue weighted by Gasteiger charge is -2.31. The van der Waals surface area contributed by atoms with Crippen molar-refractivity contribution in [3.05, 3.63) is 34.3 Å². The van der Waals surface area contributed by atoms with Gasteiger partial charge in [-0.2, -0.15) is 0 Å². The Morgan fingerprint density at radius 2 is 1.84 bits per heavy atom. The highest BCUT2D eigenvalue weighted by atomic mass is 79.9. The van der Waals surface area contributed by atoms with Crippen LogP contribution >= 0.6 is 15.9 Å². The normalized spacial score (nSPS) is 20.7. The van der Waals surface area contributed by atoms with Crippen LogP contribution < -0.4 is 5.32 Å². The van der Waals surface area contributed by atoms with Crippen molar-refractivity contribution >= 4 is 31.9 Å². The number of rotatable bonds is 5. The van der Waals surface area contributed by atoms with E-state index in [1.807, 2.05) is 24.3 Å². The first kappa shape index (κ1) is 18.9. The monoisotopic (exact) mass is 428 g/mol. The van der Waals surface area contributed by atoms with Gasteiger partial charge >= 0.3 is 0 Å². The fourth-order valence-corrected chi connectivity index (χ4v) is 5.71. The first-order chi connectivity index (χ1) is 11.9. The SMILES string of the molecule is O=C(NC1CCCC1)C1CCN(S(=O)(=O)Cc2cccc(Br)c2)CC1. The third-order valence-corrected chi connectivity index (χ3v) is 7.50. The van der Waals surface area contributed by atoms with Gasteiger partial charge < -0.3 is 5.32 Å². The lowest BCUT2D eigenvalue weighted by molar-refractivity contribution is -0.126. The van der Waals surface area contributed by atoms with E-state index in [-0.39, 0.29) is 17.6 Å². The summed E-state index contributed by atoms with van der Waals surface area (Å²) in [6, 6.07) is 7.70. The fourth-order valence-electron chi connectivity index (χ4n) is 3.71. The Morgan fingerprint density at radius 1 is 1.16 bits per heavy atom. The summed E-state index contributed by atoms with van der Waals surface area (Å²) < 4.78 is 27.7. The Hall–Kier alpha value is -0.920. The van der Waals surface area contributed by atoms with Crippen LogP contribution in [-0.4, -0.2) is 37.8 Å². The predicted molar refractivity (Wildman–Crippen MR) is 101 cm³/mol. The molecule has 1 amide bonds. The molecule has 2 fully saturated rings. The van der Waals surface area contributed by atoms with Crippen LogP contribution in [0.25, 0.3) is 0 Å². The van der Waals surface area contributed by atoms with Crippen LogP contribution in [0, 0.1) is 5.92 Å². The molecule has 7 heteroatoms. The van der Waals surface area contributed by atoms with Crippen LogP contribution in [0.1, 0.15) is 44.1 Å². The van der Waals surface area contributed by atoms with Crippen molar-refractivity contribution in [3.8, 4) is 0 Å². The first-order valence-corrected chi connectivity index (χ1v) is 11.4. The Kier molecular flexibility index (Phi) is 6.17. The second-order valence-electron chi connectivity index (χ2n) is 7.05. The Labute approximate surface area is 158 Å². The second-order valence-corrected chi connectivity index (χ2v) is 9.93. The fraction of sp³-hybridized carbons (Fsp3) is 0.611. The molecular formula is C18H25BrN2O3S. The van der Waals surface area contributed by atoms with E-state index in [0.29, 0.717) is 32.0 Å². The minimum absolute atomic E-state index is 0.00533. The summed E-state index contributed by atoms with van der Waals surface area (Å²) in [4.78, 5) is 12.4. The van der Waals surface area contributed by atoms with E-state index < -0.39 is 10.0 Å². The Bertz CT molecular complexity index is 709. The zero-order valence-corrected chi connectivity index (χ0v) is 16.7. The zero-order valence-electron chi connectivity index (χ0n) is 14.3. The number of halogens is 1. The first-order valence-electron chi connectivity index (χ1n) is 8.97. The van der Waals surface area contributed by atoms with Crippen molar-refractivity contribution in [2.45, 2.75) is 50.3 Å². The third kappa shape index (κ3) is 5.05. The molecule has 1 aliphatic heterocycles.